The first-order valence-electron chi connectivity index (χ1n) is 0.908. The standard InChI is InChI=1S/C2H4O2.2Na.H2S/c1-2(3)4;;;/h1H3,(H,3,4);;;1H2/q;2*+1;/p-2. The van der Waals surface area contributed by atoms with E-state index in [1.165, 1.54) is 0 Å². The largest absolute Gasteiger partial charge is 1.00 e. The Bertz CT molecular complexity index is 36.7. The molecule has 0 unspecified atom stereocenters. The number of carboxylic acids is 1. The molecular formula is C2H4Na2O2S. The summed E-state index contributed by atoms with van der Waals surface area (Å²) in [6, 6.07) is 0. The number of hydrogen-bond acceptors (Lipinski definition) is 3. The van der Waals surface area contributed by atoms with Crippen LogP contribution in [0.4, 0.5) is 0 Å². The van der Waals surface area contributed by atoms with Crippen molar-refractivity contribution in [3.8, 4) is 0 Å². The summed E-state index contributed by atoms with van der Waals surface area (Å²) in [6.45, 7) is 0.972. The molecule has 0 atom stereocenters. The molecule has 0 heterocycles. The maximum atomic E-state index is 8.89. The van der Waals surface area contributed by atoms with Crippen LogP contribution in [0.1, 0.15) is 6.92 Å². The fourth-order valence-corrected chi connectivity index (χ4v) is 0. The van der Waals surface area contributed by atoms with E-state index in [-0.39, 0.29) is 72.6 Å². The first-order valence-corrected chi connectivity index (χ1v) is 0.908. The Morgan fingerprint density at radius 3 is 1.43 bits per heavy atom. The summed E-state index contributed by atoms with van der Waals surface area (Å²) in [6.07, 6.45) is 0. The van der Waals surface area contributed by atoms with Crippen molar-refractivity contribution in [3.63, 3.8) is 0 Å². The third kappa shape index (κ3) is 80.0. The summed E-state index contributed by atoms with van der Waals surface area (Å²) in [4.78, 5) is 8.89. The molecule has 2 nitrogen and oxygen atoms in total. The van der Waals surface area contributed by atoms with Gasteiger partial charge in [0.25, 0.3) is 0 Å². The molecule has 0 aliphatic carbocycles. The van der Waals surface area contributed by atoms with Gasteiger partial charge >= 0.3 is 59.1 Å². The quantitative estimate of drug-likeness (QED) is 0.190. The van der Waals surface area contributed by atoms with Gasteiger partial charge < -0.3 is 23.4 Å². The molecule has 0 aromatic heterocycles. The average molecular weight is 138 g/mol. The van der Waals surface area contributed by atoms with Crippen LogP contribution in [0.3, 0.4) is 0 Å². The molecule has 0 aliphatic rings. The Labute approximate surface area is 94.1 Å². The summed E-state index contributed by atoms with van der Waals surface area (Å²) in [7, 11) is 0. The van der Waals surface area contributed by atoms with Gasteiger partial charge in [-0.1, -0.05) is 0 Å². The smallest absolute Gasteiger partial charge is 0.813 e. The number of aliphatic carboxylic acids is 1. The predicted molar refractivity (Wildman–Crippen MR) is 19.4 cm³/mol. The second kappa shape index (κ2) is 15.7. The topological polar surface area (TPSA) is 40.1 Å². The zero-order valence-corrected chi connectivity index (χ0v) is 9.66. The Balaban J connectivity index is -0.0000000150. The summed E-state index contributed by atoms with van der Waals surface area (Å²) < 4.78 is 0. The molecule has 0 saturated heterocycles. The molecular weight excluding hydrogens is 134 g/mol. The van der Waals surface area contributed by atoms with E-state index in [4.69, 9.17) is 9.90 Å². The second-order valence-electron chi connectivity index (χ2n) is 0.492. The summed E-state index contributed by atoms with van der Waals surface area (Å²) in [5, 5.41) is 8.89. The van der Waals surface area contributed by atoms with Gasteiger partial charge in [-0.2, -0.15) is 0 Å². The van der Waals surface area contributed by atoms with Gasteiger partial charge in [0.05, 0.1) is 0 Å². The van der Waals surface area contributed by atoms with Gasteiger partial charge in [0, 0.05) is 5.97 Å². The molecule has 0 rings (SSSR count). The molecule has 0 aliphatic heterocycles. The fraction of sp³-hybridized carbons (Fsp3) is 0.500. The minimum absolute atomic E-state index is 0. The molecule has 32 valence electrons. The van der Waals surface area contributed by atoms with E-state index in [2.05, 4.69) is 0 Å². The molecule has 0 radical (unpaired) electrons. The van der Waals surface area contributed by atoms with Crippen LogP contribution in [0.2, 0.25) is 0 Å². The van der Waals surface area contributed by atoms with Gasteiger partial charge in [0.15, 0.2) is 0 Å². The van der Waals surface area contributed by atoms with Crippen LogP contribution < -0.4 is 64.2 Å². The van der Waals surface area contributed by atoms with Gasteiger partial charge in [-0.15, -0.1) is 0 Å². The second-order valence-corrected chi connectivity index (χ2v) is 0.492. The number of carbonyl (C=O) groups is 1. The SMILES string of the molecule is CC(=O)[O-].[Na+].[Na+].[SH-]. The van der Waals surface area contributed by atoms with E-state index in [0.29, 0.717) is 0 Å². The molecule has 5 heteroatoms. The van der Waals surface area contributed by atoms with Crippen LogP contribution in [0, 0.1) is 0 Å². The minimum atomic E-state index is -1.08. The molecule has 0 bridgehead atoms. The minimum Gasteiger partial charge on any atom is -0.813 e. The van der Waals surface area contributed by atoms with Crippen molar-refractivity contribution >= 4 is 19.5 Å². The van der Waals surface area contributed by atoms with Gasteiger partial charge in [-0.05, 0) is 6.92 Å². The maximum absolute atomic E-state index is 8.89. The number of carbonyl (C=O) groups excluding carboxylic acids is 1. The van der Waals surface area contributed by atoms with Crippen LogP contribution in [-0.2, 0) is 18.3 Å². The zero-order chi connectivity index (χ0) is 3.58. The van der Waals surface area contributed by atoms with E-state index in [1.807, 2.05) is 0 Å². The number of rotatable bonds is 0. The van der Waals surface area contributed by atoms with Crippen LogP contribution in [0.15, 0.2) is 0 Å². The van der Waals surface area contributed by atoms with Crippen LogP contribution in [-0.4, -0.2) is 5.97 Å². The molecule has 0 aromatic carbocycles. The predicted octanol–water partition coefficient (Wildman–Crippen LogP) is -7.51. The normalized spacial score (nSPS) is 3.57. The number of carboxylic acid groups (broad SMARTS) is 1. The summed E-state index contributed by atoms with van der Waals surface area (Å²) in [5.74, 6) is -1.08. The first-order chi connectivity index (χ1) is 1.73. The molecule has 0 spiro atoms. The third-order valence-electron chi connectivity index (χ3n) is 0. The van der Waals surface area contributed by atoms with Crippen LogP contribution in [0.25, 0.3) is 0 Å². The zero-order valence-electron chi connectivity index (χ0n) is 4.76. The Morgan fingerprint density at radius 2 is 1.43 bits per heavy atom. The van der Waals surface area contributed by atoms with E-state index in [0.717, 1.165) is 6.92 Å². The van der Waals surface area contributed by atoms with Crippen molar-refractivity contribution < 1.29 is 69.0 Å². The van der Waals surface area contributed by atoms with Crippen LogP contribution >= 0.6 is 0 Å². The summed E-state index contributed by atoms with van der Waals surface area (Å²) >= 11 is 0. The Morgan fingerprint density at radius 1 is 1.43 bits per heavy atom. The van der Waals surface area contributed by atoms with E-state index in [9.17, 15) is 0 Å². The van der Waals surface area contributed by atoms with Gasteiger partial charge in [-0.3, -0.25) is 0 Å². The maximum Gasteiger partial charge on any atom is 1.00 e. The molecule has 0 N–H and O–H groups in total. The number of thiol groups is 1. The first kappa shape index (κ1) is 23.2. The van der Waals surface area contributed by atoms with Crippen molar-refractivity contribution in [3.05, 3.63) is 0 Å². The monoisotopic (exact) mass is 138 g/mol. The van der Waals surface area contributed by atoms with Gasteiger partial charge in [0.2, 0.25) is 0 Å². The Kier molecular flexibility index (Phi) is 51.9. The van der Waals surface area contributed by atoms with Crippen molar-refractivity contribution in [2.45, 2.75) is 6.92 Å². The van der Waals surface area contributed by atoms with Gasteiger partial charge in [-0.25, -0.2) is 0 Å². The molecule has 0 aromatic rings. The molecule has 0 amide bonds. The van der Waals surface area contributed by atoms with E-state index in [1.54, 1.807) is 0 Å². The van der Waals surface area contributed by atoms with Crippen molar-refractivity contribution in [2.75, 3.05) is 0 Å². The summed E-state index contributed by atoms with van der Waals surface area (Å²) in [5.41, 5.74) is 0. The van der Waals surface area contributed by atoms with Crippen LogP contribution in [0.5, 0.6) is 0 Å². The van der Waals surface area contributed by atoms with Crippen molar-refractivity contribution in [2.24, 2.45) is 0 Å². The van der Waals surface area contributed by atoms with Gasteiger partial charge in [0.1, 0.15) is 0 Å². The van der Waals surface area contributed by atoms with E-state index < -0.39 is 5.97 Å². The van der Waals surface area contributed by atoms with Crippen molar-refractivity contribution in [1.82, 2.24) is 0 Å². The fourth-order valence-electron chi connectivity index (χ4n) is 0. The Hall–Kier alpha value is 1.82. The van der Waals surface area contributed by atoms with E-state index >= 15 is 0 Å². The molecule has 7 heavy (non-hydrogen) atoms. The molecule has 0 fully saturated rings. The number of hydrogen-bond donors (Lipinski definition) is 0. The third-order valence-corrected chi connectivity index (χ3v) is 0. The average Bonchev–Trinajstić information content (AvgIpc) is 0.811. The molecule has 0 saturated carbocycles. The van der Waals surface area contributed by atoms with Crippen molar-refractivity contribution in [1.29, 1.82) is 0 Å².